The van der Waals surface area contributed by atoms with Crippen LogP contribution in [0.3, 0.4) is 0 Å². The molecule has 0 radical (unpaired) electrons. The Labute approximate surface area is 131 Å². The van der Waals surface area contributed by atoms with Crippen LogP contribution >= 0.6 is 0 Å². The summed E-state index contributed by atoms with van der Waals surface area (Å²) < 4.78 is 5.60. The fourth-order valence-electron chi connectivity index (χ4n) is 3.58. The number of amides is 1. The molecule has 0 aromatic carbocycles. The van der Waals surface area contributed by atoms with Gasteiger partial charge in [-0.15, -0.1) is 5.10 Å². The molecule has 1 saturated heterocycles. The zero-order chi connectivity index (χ0) is 15.5. The van der Waals surface area contributed by atoms with Crippen LogP contribution in [-0.2, 0) is 11.2 Å². The Balaban J connectivity index is 1.53. The minimum Gasteiger partial charge on any atom is -0.408 e. The lowest BCUT2D eigenvalue weighted by Crippen LogP contribution is -2.50. The Morgan fingerprint density at radius 1 is 1.23 bits per heavy atom. The molecule has 1 atom stereocenters. The van der Waals surface area contributed by atoms with Crippen LogP contribution < -0.4 is 4.90 Å². The molecular formula is C16H26N4O2. The molecule has 1 saturated carbocycles. The summed E-state index contributed by atoms with van der Waals surface area (Å²) in [4.78, 5) is 16.7. The lowest BCUT2D eigenvalue weighted by Gasteiger charge is -2.36. The van der Waals surface area contributed by atoms with Gasteiger partial charge in [0.25, 0.3) is 0 Å². The highest BCUT2D eigenvalue weighted by Gasteiger charge is 2.32. The van der Waals surface area contributed by atoms with Gasteiger partial charge in [-0.1, -0.05) is 31.8 Å². The van der Waals surface area contributed by atoms with E-state index in [1.54, 1.807) is 0 Å². The number of carbonyl (C=O) groups excluding carboxylic acids is 1. The molecule has 6 heteroatoms. The topological polar surface area (TPSA) is 62.5 Å². The summed E-state index contributed by atoms with van der Waals surface area (Å²) in [5.41, 5.74) is 0. The third-order valence-electron chi connectivity index (χ3n) is 5.12. The Morgan fingerprint density at radius 2 is 1.91 bits per heavy atom. The molecule has 1 unspecified atom stereocenters. The average Bonchev–Trinajstić information content (AvgIpc) is 3.25. The number of carbonyl (C=O) groups is 1. The molecule has 0 bridgehead atoms. The van der Waals surface area contributed by atoms with Gasteiger partial charge in [-0.2, -0.15) is 0 Å². The highest BCUT2D eigenvalue weighted by molar-refractivity contribution is 5.79. The van der Waals surface area contributed by atoms with E-state index in [0.717, 1.165) is 32.6 Å². The Bertz CT molecular complexity index is 502. The average molecular weight is 306 g/mol. The van der Waals surface area contributed by atoms with Gasteiger partial charge in [-0.25, -0.2) is 0 Å². The van der Waals surface area contributed by atoms with E-state index in [1.165, 1.54) is 25.7 Å². The molecular weight excluding hydrogens is 280 g/mol. The lowest BCUT2D eigenvalue weighted by atomic mass is 9.91. The summed E-state index contributed by atoms with van der Waals surface area (Å²) in [6.45, 7) is 7.15. The van der Waals surface area contributed by atoms with E-state index in [-0.39, 0.29) is 5.92 Å². The van der Waals surface area contributed by atoms with E-state index in [1.807, 2.05) is 11.8 Å². The van der Waals surface area contributed by atoms with Crippen LogP contribution in [0.1, 0.15) is 45.4 Å². The van der Waals surface area contributed by atoms with Crippen molar-refractivity contribution < 1.29 is 9.21 Å². The highest BCUT2D eigenvalue weighted by atomic mass is 16.4. The second kappa shape index (κ2) is 6.67. The van der Waals surface area contributed by atoms with Crippen molar-refractivity contribution in [1.82, 2.24) is 15.1 Å². The van der Waals surface area contributed by atoms with Crippen molar-refractivity contribution >= 4 is 11.9 Å². The first kappa shape index (κ1) is 15.3. The number of rotatable bonds is 4. The minimum atomic E-state index is 0.171. The molecule has 0 spiro atoms. The summed E-state index contributed by atoms with van der Waals surface area (Å²) >= 11 is 0. The number of piperazine rings is 1. The predicted octanol–water partition coefficient (Wildman–Crippen LogP) is 2.11. The smallest absolute Gasteiger partial charge is 0.318 e. The molecule has 3 rings (SSSR count). The fraction of sp³-hybridized carbons (Fsp3) is 0.812. The second-order valence-electron chi connectivity index (χ2n) is 6.48. The zero-order valence-electron chi connectivity index (χ0n) is 13.6. The van der Waals surface area contributed by atoms with Crippen molar-refractivity contribution in [3.8, 4) is 0 Å². The lowest BCUT2D eigenvalue weighted by molar-refractivity contribution is -0.137. The third-order valence-corrected chi connectivity index (χ3v) is 5.12. The highest BCUT2D eigenvalue weighted by Crippen LogP contribution is 2.32. The number of nitrogens with zero attached hydrogens (tertiary/aromatic N) is 4. The van der Waals surface area contributed by atoms with Crippen LogP contribution in [0.15, 0.2) is 4.42 Å². The van der Waals surface area contributed by atoms with Gasteiger partial charge in [0.1, 0.15) is 0 Å². The molecule has 6 nitrogen and oxygen atoms in total. The number of aromatic nitrogens is 2. The first-order valence-corrected chi connectivity index (χ1v) is 8.55. The first-order chi connectivity index (χ1) is 10.7. The Hall–Kier alpha value is -1.59. The second-order valence-corrected chi connectivity index (χ2v) is 6.48. The third kappa shape index (κ3) is 3.10. The van der Waals surface area contributed by atoms with E-state index in [9.17, 15) is 4.79 Å². The van der Waals surface area contributed by atoms with Crippen molar-refractivity contribution in [2.45, 2.75) is 46.0 Å². The van der Waals surface area contributed by atoms with Crippen molar-refractivity contribution in [3.05, 3.63) is 5.89 Å². The monoisotopic (exact) mass is 306 g/mol. The maximum atomic E-state index is 12.6. The van der Waals surface area contributed by atoms with Crippen molar-refractivity contribution in [3.63, 3.8) is 0 Å². The van der Waals surface area contributed by atoms with Gasteiger partial charge in [0.2, 0.25) is 11.8 Å². The van der Waals surface area contributed by atoms with E-state index in [0.29, 0.717) is 23.7 Å². The van der Waals surface area contributed by atoms with Crippen LogP contribution in [-0.4, -0.2) is 47.2 Å². The maximum absolute atomic E-state index is 12.6. The summed E-state index contributed by atoms with van der Waals surface area (Å²) in [5, 5.41) is 8.09. The number of anilines is 1. The quantitative estimate of drug-likeness (QED) is 0.852. The van der Waals surface area contributed by atoms with Crippen molar-refractivity contribution in [1.29, 1.82) is 0 Å². The van der Waals surface area contributed by atoms with Gasteiger partial charge < -0.3 is 14.2 Å². The summed E-state index contributed by atoms with van der Waals surface area (Å²) in [7, 11) is 0. The maximum Gasteiger partial charge on any atom is 0.318 e. The van der Waals surface area contributed by atoms with Crippen LogP contribution in [0.5, 0.6) is 0 Å². The van der Waals surface area contributed by atoms with Crippen LogP contribution in [0.25, 0.3) is 0 Å². The summed E-state index contributed by atoms with van der Waals surface area (Å²) in [5.74, 6) is 1.76. The Kier molecular flexibility index (Phi) is 4.64. The van der Waals surface area contributed by atoms with Gasteiger partial charge >= 0.3 is 6.01 Å². The number of hydrogen-bond donors (Lipinski definition) is 0. The molecule has 1 aliphatic carbocycles. The molecule has 1 amide bonds. The predicted molar refractivity (Wildman–Crippen MR) is 83.6 cm³/mol. The number of hydrogen-bond acceptors (Lipinski definition) is 5. The zero-order valence-corrected chi connectivity index (χ0v) is 13.6. The minimum absolute atomic E-state index is 0.171. The fourth-order valence-corrected chi connectivity index (χ4v) is 3.58. The molecule has 1 aromatic heterocycles. The molecule has 1 aliphatic heterocycles. The van der Waals surface area contributed by atoms with Crippen LogP contribution in [0.2, 0.25) is 0 Å². The molecule has 122 valence electrons. The molecule has 2 aliphatic rings. The van der Waals surface area contributed by atoms with Gasteiger partial charge in [-0.3, -0.25) is 4.79 Å². The number of aryl methyl sites for hydroxylation is 1. The molecule has 1 aromatic rings. The summed E-state index contributed by atoms with van der Waals surface area (Å²) in [6, 6.07) is 0.591. The van der Waals surface area contributed by atoms with Crippen LogP contribution in [0.4, 0.5) is 6.01 Å². The molecule has 2 fully saturated rings. The standard InChI is InChI=1S/C16H26N4O2/c1-3-14-17-18-16(22-14)20-10-8-19(9-11-20)15(21)12(2)13-6-4-5-7-13/h12-13H,3-11H2,1-2H3. The molecule has 22 heavy (non-hydrogen) atoms. The van der Waals surface area contributed by atoms with Gasteiger partial charge in [0, 0.05) is 38.5 Å². The normalized spacial score (nSPS) is 21.4. The van der Waals surface area contributed by atoms with E-state index in [2.05, 4.69) is 22.0 Å². The van der Waals surface area contributed by atoms with E-state index >= 15 is 0 Å². The molecule has 2 heterocycles. The van der Waals surface area contributed by atoms with Crippen molar-refractivity contribution in [2.24, 2.45) is 11.8 Å². The van der Waals surface area contributed by atoms with Crippen LogP contribution in [0, 0.1) is 11.8 Å². The van der Waals surface area contributed by atoms with Gasteiger partial charge in [-0.05, 0) is 18.8 Å². The van der Waals surface area contributed by atoms with E-state index in [4.69, 9.17) is 4.42 Å². The van der Waals surface area contributed by atoms with E-state index < -0.39 is 0 Å². The Morgan fingerprint density at radius 3 is 2.50 bits per heavy atom. The molecule has 0 N–H and O–H groups in total. The summed E-state index contributed by atoms with van der Waals surface area (Å²) in [6.07, 6.45) is 5.76. The van der Waals surface area contributed by atoms with Gasteiger partial charge in [0.05, 0.1) is 0 Å². The largest absolute Gasteiger partial charge is 0.408 e. The van der Waals surface area contributed by atoms with Gasteiger partial charge in [0.15, 0.2) is 0 Å². The van der Waals surface area contributed by atoms with Crippen molar-refractivity contribution in [2.75, 3.05) is 31.1 Å². The first-order valence-electron chi connectivity index (χ1n) is 8.55. The SMILES string of the molecule is CCc1nnc(N2CCN(C(=O)C(C)C3CCCC3)CC2)o1.